The van der Waals surface area contributed by atoms with Gasteiger partial charge in [0.15, 0.2) is 0 Å². The molecule has 2 aromatic carbocycles. The van der Waals surface area contributed by atoms with E-state index in [-0.39, 0.29) is 11.8 Å². The number of hydrogen-bond acceptors (Lipinski definition) is 2. The summed E-state index contributed by atoms with van der Waals surface area (Å²) >= 11 is 18.1. The van der Waals surface area contributed by atoms with Crippen molar-refractivity contribution >= 4 is 46.6 Å². The lowest BCUT2D eigenvalue weighted by atomic mass is 10.1. The van der Waals surface area contributed by atoms with Gasteiger partial charge in [0, 0.05) is 16.6 Å². The molecule has 2 amide bonds. The summed E-state index contributed by atoms with van der Waals surface area (Å²) in [6.45, 7) is 2.36. The third kappa shape index (κ3) is 6.42. The Kier molecular flexibility index (Phi) is 8.42. The third-order valence-corrected chi connectivity index (χ3v) is 4.94. The van der Waals surface area contributed by atoms with Gasteiger partial charge in [-0.15, -0.1) is 0 Å². The second-order valence-electron chi connectivity index (χ2n) is 6.07. The van der Waals surface area contributed by atoms with Crippen LogP contribution in [0.2, 0.25) is 15.1 Å². The highest BCUT2D eigenvalue weighted by atomic mass is 35.5. The van der Waals surface area contributed by atoms with Gasteiger partial charge < -0.3 is 10.6 Å². The fraction of sp³-hybridized carbons (Fsp3) is 0.300. The first-order chi connectivity index (χ1) is 12.9. The number of rotatable bonds is 8. The normalized spacial score (nSPS) is 11.7. The number of hydrogen-bond donors (Lipinski definition) is 2. The van der Waals surface area contributed by atoms with E-state index in [0.717, 1.165) is 12.0 Å². The number of amides is 2. The van der Waals surface area contributed by atoms with Gasteiger partial charge in [0.25, 0.3) is 5.91 Å². The van der Waals surface area contributed by atoms with E-state index in [1.165, 1.54) is 0 Å². The van der Waals surface area contributed by atoms with Gasteiger partial charge in [-0.3, -0.25) is 9.59 Å². The van der Waals surface area contributed by atoms with Crippen molar-refractivity contribution in [2.24, 2.45) is 0 Å². The molecule has 0 saturated carbocycles. The molecule has 0 aromatic heterocycles. The van der Waals surface area contributed by atoms with Crippen LogP contribution in [0, 0.1) is 0 Å². The SMILES string of the molecule is CCCC(NC(=O)c1ccccc1Cl)C(=O)NCCc1ccc(Cl)cc1Cl. The molecule has 0 bridgehead atoms. The molecule has 0 radical (unpaired) electrons. The van der Waals surface area contributed by atoms with Crippen LogP contribution in [-0.4, -0.2) is 24.4 Å². The van der Waals surface area contributed by atoms with E-state index in [1.54, 1.807) is 36.4 Å². The molecule has 0 aliphatic heterocycles. The zero-order valence-corrected chi connectivity index (χ0v) is 17.2. The van der Waals surface area contributed by atoms with E-state index in [0.29, 0.717) is 40.0 Å². The molecule has 2 aromatic rings. The Morgan fingerprint density at radius 3 is 2.44 bits per heavy atom. The average Bonchev–Trinajstić information content (AvgIpc) is 2.63. The minimum Gasteiger partial charge on any atom is -0.354 e. The Balaban J connectivity index is 1.94. The van der Waals surface area contributed by atoms with Crippen LogP contribution in [-0.2, 0) is 11.2 Å². The second-order valence-corrected chi connectivity index (χ2v) is 7.32. The van der Waals surface area contributed by atoms with Crippen LogP contribution in [0.5, 0.6) is 0 Å². The maximum Gasteiger partial charge on any atom is 0.253 e. The minimum atomic E-state index is -0.625. The molecular formula is C20H21Cl3N2O2. The molecule has 27 heavy (non-hydrogen) atoms. The summed E-state index contributed by atoms with van der Waals surface area (Å²) < 4.78 is 0. The van der Waals surface area contributed by atoms with Crippen molar-refractivity contribution in [2.45, 2.75) is 32.2 Å². The molecule has 144 valence electrons. The lowest BCUT2D eigenvalue weighted by molar-refractivity contribution is -0.123. The summed E-state index contributed by atoms with van der Waals surface area (Å²) in [7, 11) is 0. The molecule has 0 aliphatic carbocycles. The van der Waals surface area contributed by atoms with Gasteiger partial charge in [0.2, 0.25) is 5.91 Å². The largest absolute Gasteiger partial charge is 0.354 e. The maximum absolute atomic E-state index is 12.5. The highest BCUT2D eigenvalue weighted by molar-refractivity contribution is 6.35. The van der Waals surface area contributed by atoms with Crippen molar-refractivity contribution in [2.75, 3.05) is 6.54 Å². The summed E-state index contributed by atoms with van der Waals surface area (Å²) in [5, 5.41) is 7.10. The number of halogens is 3. The molecule has 1 atom stereocenters. The molecule has 2 rings (SSSR count). The molecule has 0 heterocycles. The topological polar surface area (TPSA) is 58.2 Å². The molecular weight excluding hydrogens is 407 g/mol. The standard InChI is InChI=1S/C20H21Cl3N2O2/c1-2-5-18(25-19(26)15-6-3-4-7-16(15)22)20(27)24-11-10-13-8-9-14(21)12-17(13)23/h3-4,6-9,12,18H,2,5,10-11H2,1H3,(H,24,27)(H,25,26). The zero-order chi connectivity index (χ0) is 19.8. The Morgan fingerprint density at radius 2 is 1.78 bits per heavy atom. The smallest absolute Gasteiger partial charge is 0.253 e. The van der Waals surface area contributed by atoms with Gasteiger partial charge in [-0.2, -0.15) is 0 Å². The van der Waals surface area contributed by atoms with E-state index >= 15 is 0 Å². The second kappa shape index (κ2) is 10.5. The van der Waals surface area contributed by atoms with Crippen LogP contribution in [0.3, 0.4) is 0 Å². The minimum absolute atomic E-state index is 0.234. The van der Waals surface area contributed by atoms with Gasteiger partial charge in [-0.05, 0) is 42.7 Å². The van der Waals surface area contributed by atoms with Crippen LogP contribution < -0.4 is 10.6 Å². The first-order valence-electron chi connectivity index (χ1n) is 8.69. The van der Waals surface area contributed by atoms with E-state index in [4.69, 9.17) is 34.8 Å². The van der Waals surface area contributed by atoms with Gasteiger partial charge in [0.05, 0.1) is 10.6 Å². The average molecular weight is 428 g/mol. The van der Waals surface area contributed by atoms with Crippen molar-refractivity contribution < 1.29 is 9.59 Å². The summed E-state index contributed by atoms with van der Waals surface area (Å²) in [6, 6.07) is 11.4. The van der Waals surface area contributed by atoms with Crippen LogP contribution in [0.25, 0.3) is 0 Å². The Bertz CT molecular complexity index is 812. The van der Waals surface area contributed by atoms with E-state index in [2.05, 4.69) is 10.6 Å². The zero-order valence-electron chi connectivity index (χ0n) is 14.9. The summed E-state index contributed by atoms with van der Waals surface area (Å²) in [6.07, 6.45) is 1.85. The highest BCUT2D eigenvalue weighted by Gasteiger charge is 2.21. The number of nitrogens with one attached hydrogen (secondary N) is 2. The molecule has 0 fully saturated rings. The first kappa shape index (κ1) is 21.5. The maximum atomic E-state index is 12.5. The van der Waals surface area contributed by atoms with Crippen LogP contribution >= 0.6 is 34.8 Å². The molecule has 7 heteroatoms. The highest BCUT2D eigenvalue weighted by Crippen LogP contribution is 2.21. The van der Waals surface area contributed by atoms with E-state index < -0.39 is 6.04 Å². The molecule has 2 N–H and O–H groups in total. The van der Waals surface area contributed by atoms with Gasteiger partial charge >= 0.3 is 0 Å². The molecule has 1 unspecified atom stereocenters. The monoisotopic (exact) mass is 426 g/mol. The van der Waals surface area contributed by atoms with Crippen molar-refractivity contribution in [1.29, 1.82) is 0 Å². The van der Waals surface area contributed by atoms with Crippen LogP contribution in [0.15, 0.2) is 42.5 Å². The van der Waals surface area contributed by atoms with Crippen molar-refractivity contribution in [3.8, 4) is 0 Å². The number of carbonyl (C=O) groups is 2. The van der Waals surface area contributed by atoms with Gasteiger partial charge in [-0.1, -0.05) is 66.3 Å². The van der Waals surface area contributed by atoms with E-state index in [9.17, 15) is 9.59 Å². The van der Waals surface area contributed by atoms with Crippen molar-refractivity contribution in [3.63, 3.8) is 0 Å². The van der Waals surface area contributed by atoms with Gasteiger partial charge in [-0.25, -0.2) is 0 Å². The Labute approximate surface area is 174 Å². The Morgan fingerprint density at radius 1 is 1.04 bits per heavy atom. The quantitative estimate of drug-likeness (QED) is 0.629. The summed E-state index contributed by atoms with van der Waals surface area (Å²) in [4.78, 5) is 24.9. The first-order valence-corrected chi connectivity index (χ1v) is 9.82. The predicted octanol–water partition coefficient (Wildman–Crippen LogP) is 4.90. The Hall–Kier alpha value is -1.75. The molecule has 4 nitrogen and oxygen atoms in total. The van der Waals surface area contributed by atoms with Gasteiger partial charge in [0.1, 0.15) is 6.04 Å². The fourth-order valence-electron chi connectivity index (χ4n) is 2.61. The van der Waals surface area contributed by atoms with Crippen molar-refractivity contribution in [1.82, 2.24) is 10.6 Å². The summed E-state index contributed by atoms with van der Waals surface area (Å²) in [5.41, 5.74) is 1.24. The van der Waals surface area contributed by atoms with Crippen LogP contribution in [0.1, 0.15) is 35.7 Å². The molecule has 0 spiro atoms. The summed E-state index contributed by atoms with van der Waals surface area (Å²) in [5.74, 6) is -0.600. The fourth-order valence-corrected chi connectivity index (χ4v) is 3.33. The third-order valence-electron chi connectivity index (χ3n) is 4.03. The van der Waals surface area contributed by atoms with E-state index in [1.807, 2.05) is 13.0 Å². The number of carbonyl (C=O) groups excluding carboxylic acids is 2. The lowest BCUT2D eigenvalue weighted by Gasteiger charge is -2.18. The lowest BCUT2D eigenvalue weighted by Crippen LogP contribution is -2.47. The van der Waals surface area contributed by atoms with Crippen LogP contribution in [0.4, 0.5) is 0 Å². The van der Waals surface area contributed by atoms with Crippen molar-refractivity contribution in [3.05, 3.63) is 68.7 Å². The predicted molar refractivity (Wildman–Crippen MR) is 111 cm³/mol. The molecule has 0 aliphatic rings. The number of benzene rings is 2. The molecule has 0 saturated heterocycles.